The van der Waals surface area contributed by atoms with E-state index in [0.29, 0.717) is 19.6 Å². The molecule has 1 aliphatic heterocycles. The molecule has 2 rings (SSSR count). The van der Waals surface area contributed by atoms with Gasteiger partial charge in [0, 0.05) is 39.4 Å². The lowest BCUT2D eigenvalue weighted by Crippen LogP contribution is -2.47. The second-order valence-corrected chi connectivity index (χ2v) is 6.02. The molecule has 3 amide bonds. The Hall–Kier alpha value is -2.08. The Labute approximate surface area is 138 Å². The first-order valence-electron chi connectivity index (χ1n) is 8.03. The van der Waals surface area contributed by atoms with Crippen LogP contribution < -0.4 is 10.2 Å². The largest absolute Gasteiger partial charge is 0.378 e. The monoisotopic (exact) mass is 318 g/mol. The third kappa shape index (κ3) is 4.01. The van der Waals surface area contributed by atoms with Crippen LogP contribution in [0, 0.1) is 0 Å². The normalized spacial score (nSPS) is 15.7. The van der Waals surface area contributed by atoms with Crippen molar-refractivity contribution >= 4 is 17.6 Å². The van der Waals surface area contributed by atoms with Gasteiger partial charge in [-0.1, -0.05) is 19.1 Å². The van der Waals surface area contributed by atoms with Crippen LogP contribution in [0.5, 0.6) is 0 Å². The lowest BCUT2D eigenvalue weighted by Gasteiger charge is -2.29. The highest BCUT2D eigenvalue weighted by Crippen LogP contribution is 2.16. The fourth-order valence-electron chi connectivity index (χ4n) is 2.72. The smallest absolute Gasteiger partial charge is 0.324 e. The predicted molar refractivity (Wildman–Crippen MR) is 91.4 cm³/mol. The molecule has 1 aromatic carbocycles. The summed E-state index contributed by atoms with van der Waals surface area (Å²) in [6.07, 6.45) is 0. The van der Waals surface area contributed by atoms with Gasteiger partial charge in [-0.05, 0) is 31.2 Å². The van der Waals surface area contributed by atoms with Gasteiger partial charge in [0.2, 0.25) is 5.91 Å². The van der Waals surface area contributed by atoms with E-state index in [1.165, 1.54) is 4.90 Å². The van der Waals surface area contributed by atoms with Crippen molar-refractivity contribution in [3.8, 4) is 0 Å². The van der Waals surface area contributed by atoms with E-state index in [2.05, 4.69) is 39.4 Å². The summed E-state index contributed by atoms with van der Waals surface area (Å²) in [7, 11) is 4.02. The van der Waals surface area contributed by atoms with Gasteiger partial charge in [-0.25, -0.2) is 4.79 Å². The predicted octanol–water partition coefficient (Wildman–Crippen LogP) is 1.51. The molecule has 0 saturated carbocycles. The van der Waals surface area contributed by atoms with Crippen molar-refractivity contribution in [1.82, 2.24) is 15.1 Å². The summed E-state index contributed by atoms with van der Waals surface area (Å²) in [6.45, 7) is 6.32. The zero-order valence-electron chi connectivity index (χ0n) is 14.4. The van der Waals surface area contributed by atoms with Crippen LogP contribution in [-0.4, -0.2) is 61.5 Å². The summed E-state index contributed by atoms with van der Waals surface area (Å²) in [5.74, 6) is -0.133. The molecule has 126 valence electrons. The van der Waals surface area contributed by atoms with Crippen molar-refractivity contribution in [2.24, 2.45) is 0 Å². The molecule has 1 heterocycles. The van der Waals surface area contributed by atoms with Crippen LogP contribution in [0.25, 0.3) is 0 Å². The van der Waals surface area contributed by atoms with E-state index in [0.717, 1.165) is 17.8 Å². The van der Waals surface area contributed by atoms with Gasteiger partial charge in [0.25, 0.3) is 0 Å². The standard InChI is InChI=1S/C17H26N4O2/c1-5-20(12-14-6-8-15(9-7-14)19(3)4)13(2)16(22)21-11-10-18-17(21)23/h6-9,13H,5,10-12H2,1-4H3,(H,18,23)/t13-/m1/s1. The fourth-order valence-corrected chi connectivity index (χ4v) is 2.72. The van der Waals surface area contributed by atoms with Gasteiger partial charge in [-0.3, -0.25) is 14.6 Å². The molecule has 1 N–H and O–H groups in total. The molecule has 1 aromatic rings. The lowest BCUT2D eigenvalue weighted by molar-refractivity contribution is -0.132. The molecule has 23 heavy (non-hydrogen) atoms. The van der Waals surface area contributed by atoms with Crippen LogP contribution in [-0.2, 0) is 11.3 Å². The molecule has 0 bridgehead atoms. The van der Waals surface area contributed by atoms with Gasteiger partial charge < -0.3 is 10.2 Å². The number of nitrogens with zero attached hydrogens (tertiary/aromatic N) is 3. The van der Waals surface area contributed by atoms with Crippen LogP contribution >= 0.6 is 0 Å². The molecule has 0 unspecified atom stereocenters. The quantitative estimate of drug-likeness (QED) is 0.864. The number of carbonyl (C=O) groups excluding carboxylic acids is 2. The van der Waals surface area contributed by atoms with E-state index in [4.69, 9.17) is 0 Å². The Bertz CT molecular complexity index is 556. The van der Waals surface area contributed by atoms with Gasteiger partial charge >= 0.3 is 6.03 Å². The van der Waals surface area contributed by atoms with Crippen LogP contribution in [0.4, 0.5) is 10.5 Å². The third-order valence-electron chi connectivity index (χ3n) is 4.27. The Balaban J connectivity index is 2.03. The summed E-state index contributed by atoms with van der Waals surface area (Å²) >= 11 is 0. The molecule has 1 aliphatic rings. The van der Waals surface area contributed by atoms with E-state index in [9.17, 15) is 9.59 Å². The second-order valence-electron chi connectivity index (χ2n) is 6.02. The first-order valence-corrected chi connectivity index (χ1v) is 8.03. The van der Waals surface area contributed by atoms with E-state index < -0.39 is 0 Å². The zero-order chi connectivity index (χ0) is 17.0. The maximum atomic E-state index is 12.5. The number of imide groups is 1. The zero-order valence-corrected chi connectivity index (χ0v) is 14.4. The first kappa shape index (κ1) is 17.3. The van der Waals surface area contributed by atoms with Crippen molar-refractivity contribution in [2.45, 2.75) is 26.4 Å². The van der Waals surface area contributed by atoms with Crippen molar-refractivity contribution in [1.29, 1.82) is 0 Å². The minimum Gasteiger partial charge on any atom is -0.378 e. The number of hydrogen-bond donors (Lipinski definition) is 1. The molecule has 0 aromatic heterocycles. The maximum Gasteiger partial charge on any atom is 0.324 e. The molecule has 1 atom stereocenters. The molecule has 1 fully saturated rings. The number of rotatable bonds is 6. The van der Waals surface area contributed by atoms with Gasteiger partial charge in [0.15, 0.2) is 0 Å². The molecule has 0 spiro atoms. The Morgan fingerprint density at radius 2 is 1.96 bits per heavy atom. The van der Waals surface area contributed by atoms with E-state index >= 15 is 0 Å². The topological polar surface area (TPSA) is 55.9 Å². The Morgan fingerprint density at radius 1 is 1.30 bits per heavy atom. The molecule has 1 saturated heterocycles. The number of carbonyl (C=O) groups is 2. The number of hydrogen-bond acceptors (Lipinski definition) is 4. The average molecular weight is 318 g/mol. The van der Waals surface area contributed by atoms with Crippen LogP contribution in [0.15, 0.2) is 24.3 Å². The summed E-state index contributed by atoms with van der Waals surface area (Å²) in [5.41, 5.74) is 2.30. The highest BCUT2D eigenvalue weighted by atomic mass is 16.2. The number of anilines is 1. The van der Waals surface area contributed by atoms with Crippen molar-refractivity contribution in [3.63, 3.8) is 0 Å². The molecule has 0 radical (unpaired) electrons. The fraction of sp³-hybridized carbons (Fsp3) is 0.529. The SMILES string of the molecule is CCN(Cc1ccc(N(C)C)cc1)[C@H](C)C(=O)N1CCNC1=O. The van der Waals surface area contributed by atoms with Gasteiger partial charge in [-0.15, -0.1) is 0 Å². The minimum absolute atomic E-state index is 0.133. The summed E-state index contributed by atoms with van der Waals surface area (Å²) in [5, 5.41) is 2.67. The van der Waals surface area contributed by atoms with Crippen molar-refractivity contribution in [2.75, 3.05) is 38.6 Å². The maximum absolute atomic E-state index is 12.5. The number of benzene rings is 1. The number of likely N-dealkylation sites (N-methyl/N-ethyl adjacent to an activating group) is 1. The molecule has 6 nitrogen and oxygen atoms in total. The van der Waals surface area contributed by atoms with Crippen LogP contribution in [0.2, 0.25) is 0 Å². The highest BCUT2D eigenvalue weighted by Gasteiger charge is 2.32. The summed E-state index contributed by atoms with van der Waals surface area (Å²) in [4.78, 5) is 29.6. The van der Waals surface area contributed by atoms with E-state index in [1.54, 1.807) is 0 Å². The molecular formula is C17H26N4O2. The first-order chi connectivity index (χ1) is 10.9. The Morgan fingerprint density at radius 3 is 2.43 bits per heavy atom. The second kappa shape index (κ2) is 7.46. The number of amides is 3. The number of urea groups is 1. The van der Waals surface area contributed by atoms with Crippen LogP contribution in [0.1, 0.15) is 19.4 Å². The highest BCUT2D eigenvalue weighted by molar-refractivity contribution is 5.98. The molecular weight excluding hydrogens is 292 g/mol. The van der Waals surface area contributed by atoms with Gasteiger partial charge in [-0.2, -0.15) is 0 Å². The van der Waals surface area contributed by atoms with E-state index in [1.807, 2.05) is 27.9 Å². The van der Waals surface area contributed by atoms with E-state index in [-0.39, 0.29) is 18.0 Å². The van der Waals surface area contributed by atoms with Crippen molar-refractivity contribution < 1.29 is 9.59 Å². The average Bonchev–Trinajstić information content (AvgIpc) is 2.97. The Kier molecular flexibility index (Phi) is 5.60. The third-order valence-corrected chi connectivity index (χ3v) is 4.27. The number of nitrogens with one attached hydrogen (secondary N) is 1. The van der Waals surface area contributed by atoms with Crippen LogP contribution in [0.3, 0.4) is 0 Å². The summed E-state index contributed by atoms with van der Waals surface area (Å²) < 4.78 is 0. The minimum atomic E-state index is -0.322. The molecule has 0 aliphatic carbocycles. The lowest BCUT2D eigenvalue weighted by atomic mass is 10.1. The van der Waals surface area contributed by atoms with Gasteiger partial charge in [0.05, 0.1) is 6.04 Å². The van der Waals surface area contributed by atoms with Gasteiger partial charge in [0.1, 0.15) is 0 Å². The summed E-state index contributed by atoms with van der Waals surface area (Å²) in [6, 6.07) is 7.70. The van der Waals surface area contributed by atoms with Crippen molar-refractivity contribution in [3.05, 3.63) is 29.8 Å². The molecule has 6 heteroatoms.